The van der Waals surface area contributed by atoms with Crippen molar-refractivity contribution in [2.75, 3.05) is 0 Å². The SMILES string of the molecule is CCn1cc(/C=C2\CCCC3=C2OC(=N)C(C#N)C3c2cn(CC)nc2C)c(C)n1. The molecule has 156 valence electrons. The first-order valence-corrected chi connectivity index (χ1v) is 10.6. The highest BCUT2D eigenvalue weighted by molar-refractivity contribution is 5.84. The van der Waals surface area contributed by atoms with Gasteiger partial charge >= 0.3 is 0 Å². The number of nitriles is 1. The highest BCUT2D eigenvalue weighted by Crippen LogP contribution is 2.47. The number of hydrogen-bond acceptors (Lipinski definition) is 5. The number of nitrogens with zero attached hydrogens (tertiary/aromatic N) is 5. The first kappa shape index (κ1) is 20.1. The van der Waals surface area contributed by atoms with Gasteiger partial charge in [-0.1, -0.05) is 0 Å². The quantitative estimate of drug-likeness (QED) is 0.812. The van der Waals surface area contributed by atoms with Crippen molar-refractivity contribution < 1.29 is 4.74 Å². The fourth-order valence-corrected chi connectivity index (χ4v) is 4.52. The van der Waals surface area contributed by atoms with Crippen molar-refractivity contribution in [1.29, 1.82) is 10.7 Å². The molecule has 0 aromatic carbocycles. The molecule has 0 bridgehead atoms. The minimum Gasteiger partial charge on any atom is -0.442 e. The summed E-state index contributed by atoms with van der Waals surface area (Å²) in [5.74, 6) is -0.00989. The summed E-state index contributed by atoms with van der Waals surface area (Å²) in [6, 6.07) is 2.32. The molecule has 2 aliphatic rings. The maximum absolute atomic E-state index is 9.86. The molecule has 4 rings (SSSR count). The standard InChI is InChI=1S/C23H28N6O/c1-5-28-12-17(14(3)26-28)10-16-8-7-9-18-21(19(11-24)23(25)30-22(16)18)20-13-29(6-2)27-15(20)4/h10,12-13,19,21,25H,5-9H2,1-4H3/b16-10+,25-23?. The molecule has 2 unspecified atom stereocenters. The van der Waals surface area contributed by atoms with E-state index in [2.05, 4.69) is 42.4 Å². The minimum atomic E-state index is -0.624. The molecule has 2 aromatic rings. The molecule has 0 saturated heterocycles. The number of rotatable bonds is 4. The van der Waals surface area contributed by atoms with Crippen molar-refractivity contribution in [2.24, 2.45) is 5.92 Å². The molecule has 0 fully saturated rings. The predicted molar refractivity (Wildman–Crippen MR) is 115 cm³/mol. The highest BCUT2D eigenvalue weighted by atomic mass is 16.5. The summed E-state index contributed by atoms with van der Waals surface area (Å²) in [5.41, 5.74) is 6.20. The van der Waals surface area contributed by atoms with Crippen LogP contribution in [0.15, 0.2) is 29.3 Å². The zero-order valence-corrected chi connectivity index (χ0v) is 18.1. The van der Waals surface area contributed by atoms with E-state index < -0.39 is 5.92 Å². The van der Waals surface area contributed by atoms with Crippen molar-refractivity contribution in [3.63, 3.8) is 0 Å². The average Bonchev–Trinajstić information content (AvgIpc) is 3.29. The Morgan fingerprint density at radius 1 is 1.17 bits per heavy atom. The van der Waals surface area contributed by atoms with Crippen LogP contribution in [0, 0.1) is 36.5 Å². The fraction of sp³-hybridized carbons (Fsp3) is 0.478. The Morgan fingerprint density at radius 2 is 1.87 bits per heavy atom. The summed E-state index contributed by atoms with van der Waals surface area (Å²) in [7, 11) is 0. The number of nitrogens with one attached hydrogen (secondary N) is 1. The van der Waals surface area contributed by atoms with E-state index in [1.54, 1.807) is 0 Å². The molecule has 0 spiro atoms. The topological polar surface area (TPSA) is 92.5 Å². The smallest absolute Gasteiger partial charge is 0.205 e. The van der Waals surface area contributed by atoms with Crippen molar-refractivity contribution >= 4 is 12.0 Å². The average molecular weight is 405 g/mol. The zero-order chi connectivity index (χ0) is 21.4. The van der Waals surface area contributed by atoms with Crippen molar-refractivity contribution in [3.05, 3.63) is 51.8 Å². The first-order chi connectivity index (χ1) is 14.5. The van der Waals surface area contributed by atoms with Crippen LogP contribution in [0.5, 0.6) is 0 Å². The lowest BCUT2D eigenvalue weighted by Crippen LogP contribution is -2.32. The predicted octanol–water partition coefficient (Wildman–Crippen LogP) is 4.49. The van der Waals surface area contributed by atoms with Gasteiger partial charge in [0.25, 0.3) is 0 Å². The van der Waals surface area contributed by atoms with Crippen LogP contribution in [0.3, 0.4) is 0 Å². The summed E-state index contributed by atoms with van der Waals surface area (Å²) in [4.78, 5) is 0. The lowest BCUT2D eigenvalue weighted by atomic mass is 9.74. The van der Waals surface area contributed by atoms with Crippen LogP contribution in [-0.4, -0.2) is 25.5 Å². The molecule has 0 amide bonds. The van der Waals surface area contributed by atoms with Crippen LogP contribution in [0.4, 0.5) is 0 Å². The Bertz CT molecular complexity index is 1090. The zero-order valence-electron chi connectivity index (χ0n) is 18.1. The number of aromatic nitrogens is 4. The third kappa shape index (κ3) is 3.36. The van der Waals surface area contributed by atoms with E-state index in [0.717, 1.165) is 71.8 Å². The summed E-state index contributed by atoms with van der Waals surface area (Å²) >= 11 is 0. The number of ether oxygens (including phenoxy) is 1. The van der Waals surface area contributed by atoms with E-state index in [1.807, 2.05) is 29.4 Å². The van der Waals surface area contributed by atoms with Gasteiger partial charge in [-0.15, -0.1) is 0 Å². The van der Waals surface area contributed by atoms with Gasteiger partial charge in [-0.05, 0) is 64.2 Å². The maximum Gasteiger partial charge on any atom is 0.205 e. The van der Waals surface area contributed by atoms with E-state index in [4.69, 9.17) is 10.1 Å². The number of allylic oxidation sites excluding steroid dienone is 2. The van der Waals surface area contributed by atoms with Gasteiger partial charge in [0.2, 0.25) is 5.90 Å². The summed E-state index contributed by atoms with van der Waals surface area (Å²) in [5, 5.41) is 27.5. The van der Waals surface area contributed by atoms with Crippen molar-refractivity contribution in [2.45, 2.75) is 66.0 Å². The number of aryl methyl sites for hydroxylation is 4. The van der Waals surface area contributed by atoms with Gasteiger partial charge in [-0.25, -0.2) is 0 Å². The molecule has 30 heavy (non-hydrogen) atoms. The van der Waals surface area contributed by atoms with E-state index in [1.165, 1.54) is 0 Å². The molecule has 1 aliphatic carbocycles. The lowest BCUT2D eigenvalue weighted by Gasteiger charge is -2.35. The molecule has 1 N–H and O–H groups in total. The van der Waals surface area contributed by atoms with Crippen LogP contribution in [0.25, 0.3) is 6.08 Å². The molecule has 0 saturated carbocycles. The van der Waals surface area contributed by atoms with Crippen LogP contribution in [0.2, 0.25) is 0 Å². The third-order valence-corrected chi connectivity index (χ3v) is 6.10. The van der Waals surface area contributed by atoms with Gasteiger partial charge in [0, 0.05) is 42.5 Å². The largest absolute Gasteiger partial charge is 0.442 e. The first-order valence-electron chi connectivity index (χ1n) is 10.6. The van der Waals surface area contributed by atoms with Crippen LogP contribution < -0.4 is 0 Å². The molecule has 2 atom stereocenters. The summed E-state index contributed by atoms with van der Waals surface area (Å²) in [6.07, 6.45) is 8.98. The van der Waals surface area contributed by atoms with Gasteiger partial charge < -0.3 is 4.74 Å². The lowest BCUT2D eigenvalue weighted by molar-refractivity contribution is 0.334. The molecule has 3 heterocycles. The Hall–Kier alpha value is -3.14. The Balaban J connectivity index is 1.84. The van der Waals surface area contributed by atoms with Crippen LogP contribution in [0.1, 0.15) is 61.5 Å². The van der Waals surface area contributed by atoms with Crippen LogP contribution >= 0.6 is 0 Å². The Morgan fingerprint density at radius 3 is 2.50 bits per heavy atom. The van der Waals surface area contributed by atoms with E-state index in [-0.39, 0.29) is 11.8 Å². The minimum absolute atomic E-state index is 0.0265. The van der Waals surface area contributed by atoms with Gasteiger partial charge in [0.1, 0.15) is 11.7 Å². The van der Waals surface area contributed by atoms with Gasteiger partial charge in [-0.3, -0.25) is 14.8 Å². The molecule has 7 nitrogen and oxygen atoms in total. The van der Waals surface area contributed by atoms with Gasteiger partial charge in [0.05, 0.1) is 17.5 Å². The van der Waals surface area contributed by atoms with E-state index in [0.29, 0.717) is 0 Å². The van der Waals surface area contributed by atoms with Crippen molar-refractivity contribution in [1.82, 2.24) is 19.6 Å². The molecule has 0 radical (unpaired) electrons. The van der Waals surface area contributed by atoms with Crippen molar-refractivity contribution in [3.8, 4) is 6.07 Å². The highest BCUT2D eigenvalue weighted by Gasteiger charge is 2.41. The Labute approximate surface area is 177 Å². The van der Waals surface area contributed by atoms with E-state index >= 15 is 0 Å². The normalized spacial score (nSPS) is 22.8. The monoisotopic (exact) mass is 404 g/mol. The maximum atomic E-state index is 9.86. The van der Waals surface area contributed by atoms with E-state index in [9.17, 15) is 5.26 Å². The second kappa shape index (κ2) is 7.94. The summed E-state index contributed by atoms with van der Waals surface area (Å²) < 4.78 is 9.83. The van der Waals surface area contributed by atoms with Gasteiger partial charge in [0.15, 0.2) is 0 Å². The van der Waals surface area contributed by atoms with Gasteiger partial charge in [-0.2, -0.15) is 15.5 Å². The third-order valence-electron chi connectivity index (χ3n) is 6.10. The van der Waals surface area contributed by atoms with Crippen LogP contribution in [-0.2, 0) is 17.8 Å². The second-order valence-corrected chi connectivity index (χ2v) is 7.98. The molecular formula is C23H28N6O. The molecular weight excluding hydrogens is 376 g/mol. The summed E-state index contributed by atoms with van der Waals surface area (Å²) in [6.45, 7) is 9.72. The number of hydrogen-bond donors (Lipinski definition) is 1. The molecule has 2 aromatic heterocycles. The molecule has 1 aliphatic heterocycles. The second-order valence-electron chi connectivity index (χ2n) is 7.98. The Kier molecular flexibility index (Phi) is 5.33. The fourth-order valence-electron chi connectivity index (χ4n) is 4.52. The molecule has 7 heteroatoms.